The van der Waals surface area contributed by atoms with Gasteiger partial charge in [0.05, 0.1) is 19.8 Å². The molecule has 2 aliphatic carbocycles. The van der Waals surface area contributed by atoms with Gasteiger partial charge in [-0.15, -0.1) is 0 Å². The van der Waals surface area contributed by atoms with E-state index in [-0.39, 0.29) is 11.5 Å². The highest BCUT2D eigenvalue weighted by molar-refractivity contribution is 5.29. The first kappa shape index (κ1) is 21.6. The molecule has 0 aromatic rings. The van der Waals surface area contributed by atoms with Gasteiger partial charge in [0.1, 0.15) is 11.5 Å². The van der Waals surface area contributed by atoms with Gasteiger partial charge >= 0.3 is 0 Å². The Morgan fingerprint density at radius 3 is 2.25 bits per heavy atom. The van der Waals surface area contributed by atoms with E-state index in [1.807, 2.05) is 0 Å². The van der Waals surface area contributed by atoms with Gasteiger partial charge in [0.25, 0.3) is 0 Å². The lowest BCUT2D eigenvalue weighted by molar-refractivity contribution is -0.0615. The first-order valence-electron chi connectivity index (χ1n) is 11.2. The van der Waals surface area contributed by atoms with Crippen LogP contribution in [0.15, 0.2) is 23.2 Å². The second-order valence-electron chi connectivity index (χ2n) is 8.73. The lowest BCUT2D eigenvalue weighted by Crippen LogP contribution is -2.34. The van der Waals surface area contributed by atoms with E-state index < -0.39 is 11.7 Å². The SMILES string of the molecule is CCCCC1CCC(C2CCC(COC3=C(F)C(F)=C(OC)CC3)CC2)OC1. The summed E-state index contributed by atoms with van der Waals surface area (Å²) in [7, 11) is 1.37. The van der Waals surface area contributed by atoms with Gasteiger partial charge in [-0.05, 0) is 62.7 Å². The molecule has 0 spiro atoms. The Morgan fingerprint density at radius 2 is 1.61 bits per heavy atom. The maximum absolute atomic E-state index is 14.1. The van der Waals surface area contributed by atoms with Gasteiger partial charge < -0.3 is 14.2 Å². The number of methoxy groups -OCH3 is 1. The van der Waals surface area contributed by atoms with Crippen LogP contribution in [0.5, 0.6) is 0 Å². The van der Waals surface area contributed by atoms with Gasteiger partial charge in [-0.1, -0.05) is 19.8 Å². The lowest BCUT2D eigenvalue weighted by Gasteiger charge is -2.38. The summed E-state index contributed by atoms with van der Waals surface area (Å²) in [6, 6.07) is 0. The van der Waals surface area contributed by atoms with Crippen molar-refractivity contribution >= 4 is 0 Å². The molecule has 1 saturated carbocycles. The van der Waals surface area contributed by atoms with E-state index in [1.165, 1.54) is 39.2 Å². The highest BCUT2D eigenvalue weighted by Crippen LogP contribution is 2.38. The van der Waals surface area contributed by atoms with Crippen LogP contribution in [0.25, 0.3) is 0 Å². The van der Waals surface area contributed by atoms with Crippen LogP contribution >= 0.6 is 0 Å². The van der Waals surface area contributed by atoms with Gasteiger partial charge in [-0.25, -0.2) is 0 Å². The molecule has 2 atom stereocenters. The zero-order valence-electron chi connectivity index (χ0n) is 17.5. The van der Waals surface area contributed by atoms with E-state index >= 15 is 0 Å². The largest absolute Gasteiger partial charge is 0.498 e. The predicted molar refractivity (Wildman–Crippen MR) is 106 cm³/mol. The third kappa shape index (κ3) is 5.49. The summed E-state index contributed by atoms with van der Waals surface area (Å²) in [5.74, 6) is 0.271. The third-order valence-electron chi connectivity index (χ3n) is 6.79. The topological polar surface area (TPSA) is 27.7 Å². The van der Waals surface area contributed by atoms with E-state index in [0.717, 1.165) is 38.2 Å². The number of unbranched alkanes of at least 4 members (excludes halogenated alkanes) is 1. The summed E-state index contributed by atoms with van der Waals surface area (Å²) in [5.41, 5.74) is 0. The molecule has 3 aliphatic rings. The Morgan fingerprint density at radius 1 is 0.929 bits per heavy atom. The van der Waals surface area contributed by atoms with E-state index in [9.17, 15) is 8.78 Å². The van der Waals surface area contributed by atoms with E-state index in [0.29, 0.717) is 37.4 Å². The Hall–Kier alpha value is -1.10. The van der Waals surface area contributed by atoms with Crippen molar-refractivity contribution in [2.24, 2.45) is 17.8 Å². The van der Waals surface area contributed by atoms with E-state index in [2.05, 4.69) is 6.92 Å². The van der Waals surface area contributed by atoms with Crippen molar-refractivity contribution in [3.8, 4) is 0 Å². The molecule has 1 aliphatic heterocycles. The van der Waals surface area contributed by atoms with Gasteiger partial charge in [-0.2, -0.15) is 8.78 Å². The average Bonchev–Trinajstić information content (AvgIpc) is 2.74. The monoisotopic (exact) mass is 398 g/mol. The molecule has 1 heterocycles. The number of rotatable bonds is 8. The maximum atomic E-state index is 14.1. The number of ether oxygens (including phenoxy) is 3. The molecule has 2 fully saturated rings. The zero-order valence-corrected chi connectivity index (χ0v) is 17.5. The Balaban J connectivity index is 1.38. The van der Waals surface area contributed by atoms with E-state index in [1.54, 1.807) is 0 Å². The van der Waals surface area contributed by atoms with Crippen molar-refractivity contribution in [3.05, 3.63) is 23.2 Å². The van der Waals surface area contributed by atoms with Crippen molar-refractivity contribution in [2.45, 2.75) is 83.7 Å². The fourth-order valence-electron chi connectivity index (χ4n) is 4.88. The number of allylic oxidation sites excluding steroid dienone is 4. The second kappa shape index (κ2) is 10.6. The molecule has 0 bridgehead atoms. The Kier molecular flexibility index (Phi) is 8.19. The number of hydrogen-bond acceptors (Lipinski definition) is 3. The van der Waals surface area contributed by atoms with Crippen LogP contribution in [0.3, 0.4) is 0 Å². The minimum Gasteiger partial charge on any atom is -0.498 e. The third-order valence-corrected chi connectivity index (χ3v) is 6.79. The van der Waals surface area contributed by atoms with Crippen molar-refractivity contribution in [2.75, 3.05) is 20.3 Å². The second-order valence-corrected chi connectivity index (χ2v) is 8.73. The molecule has 28 heavy (non-hydrogen) atoms. The molecular weight excluding hydrogens is 362 g/mol. The normalized spacial score (nSPS) is 31.9. The van der Waals surface area contributed by atoms with Crippen LogP contribution in [-0.2, 0) is 14.2 Å². The molecule has 3 nitrogen and oxygen atoms in total. The van der Waals surface area contributed by atoms with Gasteiger partial charge in [-0.3, -0.25) is 0 Å². The fourth-order valence-corrected chi connectivity index (χ4v) is 4.88. The standard InChI is InChI=1S/C23H36F2O3/c1-3-4-5-16-8-11-19(27-14-16)18-9-6-17(7-10-18)15-28-21-13-12-20(26-2)22(24)23(21)25/h16-19H,3-15H2,1-2H3. The summed E-state index contributed by atoms with van der Waals surface area (Å²) < 4.78 is 44.7. The summed E-state index contributed by atoms with van der Waals surface area (Å²) in [6.45, 7) is 3.66. The summed E-state index contributed by atoms with van der Waals surface area (Å²) in [5, 5.41) is 0. The maximum Gasteiger partial charge on any atom is 0.199 e. The molecule has 1 saturated heterocycles. The quantitative estimate of drug-likeness (QED) is 0.461. The van der Waals surface area contributed by atoms with Crippen LogP contribution in [0.1, 0.15) is 77.6 Å². The number of halogens is 2. The molecule has 0 N–H and O–H groups in total. The van der Waals surface area contributed by atoms with Crippen LogP contribution in [-0.4, -0.2) is 26.4 Å². The van der Waals surface area contributed by atoms with Crippen LogP contribution in [0.2, 0.25) is 0 Å². The fraction of sp³-hybridized carbons (Fsp3) is 0.826. The minimum atomic E-state index is -0.904. The molecular formula is C23H36F2O3. The van der Waals surface area contributed by atoms with Gasteiger partial charge in [0.15, 0.2) is 11.7 Å². The van der Waals surface area contributed by atoms with Crippen LogP contribution < -0.4 is 0 Å². The molecule has 0 aromatic carbocycles. The minimum absolute atomic E-state index is 0.0785. The molecule has 160 valence electrons. The molecule has 2 unspecified atom stereocenters. The van der Waals surface area contributed by atoms with Crippen molar-refractivity contribution in [1.29, 1.82) is 0 Å². The first-order valence-corrected chi connectivity index (χ1v) is 11.2. The Bertz CT molecular complexity index is 556. The zero-order chi connectivity index (χ0) is 19.9. The average molecular weight is 399 g/mol. The van der Waals surface area contributed by atoms with Crippen LogP contribution in [0, 0.1) is 17.8 Å². The highest BCUT2D eigenvalue weighted by atomic mass is 19.2. The first-order chi connectivity index (χ1) is 13.6. The lowest BCUT2D eigenvalue weighted by atomic mass is 9.77. The molecule has 0 amide bonds. The predicted octanol–water partition coefficient (Wildman–Crippen LogP) is 6.60. The number of hydrogen-bond donors (Lipinski definition) is 0. The summed E-state index contributed by atoms with van der Waals surface area (Å²) in [6.07, 6.45) is 12.0. The summed E-state index contributed by atoms with van der Waals surface area (Å²) >= 11 is 0. The van der Waals surface area contributed by atoms with Crippen LogP contribution in [0.4, 0.5) is 8.78 Å². The molecule has 5 heteroatoms. The van der Waals surface area contributed by atoms with Crippen molar-refractivity contribution in [1.82, 2.24) is 0 Å². The smallest absolute Gasteiger partial charge is 0.199 e. The molecule has 0 radical (unpaired) electrons. The van der Waals surface area contributed by atoms with Crippen molar-refractivity contribution < 1.29 is 23.0 Å². The van der Waals surface area contributed by atoms with Crippen molar-refractivity contribution in [3.63, 3.8) is 0 Å². The molecule has 0 aromatic heterocycles. The Labute approximate surface area is 168 Å². The summed E-state index contributed by atoms with van der Waals surface area (Å²) in [4.78, 5) is 0. The highest BCUT2D eigenvalue weighted by Gasteiger charge is 2.32. The molecule has 3 rings (SSSR count). The van der Waals surface area contributed by atoms with E-state index in [4.69, 9.17) is 14.2 Å². The van der Waals surface area contributed by atoms with Gasteiger partial charge in [0, 0.05) is 19.4 Å². The van der Waals surface area contributed by atoms with Gasteiger partial charge in [0.2, 0.25) is 0 Å².